The number of nitrogens with one attached hydrogen (secondary N) is 1. The molecule has 1 heterocycles. The quantitative estimate of drug-likeness (QED) is 0.634. The molecule has 3 heteroatoms. The fourth-order valence-corrected chi connectivity index (χ4v) is 2.74. The molecule has 0 aliphatic carbocycles. The minimum absolute atomic E-state index is 0.0869. The molecule has 1 saturated heterocycles. The first kappa shape index (κ1) is 12.0. The van der Waals surface area contributed by atoms with E-state index < -0.39 is 0 Å². The van der Waals surface area contributed by atoms with Crippen LogP contribution in [0.5, 0.6) is 0 Å². The van der Waals surface area contributed by atoms with E-state index in [4.69, 9.17) is 0 Å². The van der Waals surface area contributed by atoms with E-state index in [1.165, 1.54) is 0 Å². The SMILES string of the molecule is CC1(C)NCC(c2ccccc2)C1C(=O)C=O. The summed E-state index contributed by atoms with van der Waals surface area (Å²) in [5.41, 5.74) is 0.796. The highest BCUT2D eigenvalue weighted by atomic mass is 16.2. The minimum Gasteiger partial charge on any atom is -0.310 e. The van der Waals surface area contributed by atoms with Crippen LogP contribution in [-0.2, 0) is 9.59 Å². The number of rotatable bonds is 3. The van der Waals surface area contributed by atoms with Crippen molar-refractivity contribution in [3.8, 4) is 0 Å². The van der Waals surface area contributed by atoms with Gasteiger partial charge in [-0.25, -0.2) is 0 Å². The molecule has 2 atom stereocenters. The third-order valence-corrected chi connectivity index (χ3v) is 3.61. The fraction of sp³-hybridized carbons (Fsp3) is 0.429. The Hall–Kier alpha value is -1.48. The zero-order valence-electron chi connectivity index (χ0n) is 10.1. The maximum absolute atomic E-state index is 11.8. The van der Waals surface area contributed by atoms with Gasteiger partial charge < -0.3 is 5.32 Å². The van der Waals surface area contributed by atoms with Gasteiger partial charge in [-0.1, -0.05) is 30.3 Å². The van der Waals surface area contributed by atoms with Gasteiger partial charge in [0.2, 0.25) is 5.78 Å². The fourth-order valence-electron chi connectivity index (χ4n) is 2.74. The Morgan fingerprint density at radius 3 is 2.59 bits per heavy atom. The lowest BCUT2D eigenvalue weighted by atomic mass is 9.77. The van der Waals surface area contributed by atoms with Gasteiger partial charge in [0.15, 0.2) is 6.29 Å². The van der Waals surface area contributed by atoms with Crippen LogP contribution in [0.3, 0.4) is 0 Å². The lowest BCUT2D eigenvalue weighted by Crippen LogP contribution is -2.42. The average Bonchev–Trinajstić information content (AvgIpc) is 2.65. The summed E-state index contributed by atoms with van der Waals surface area (Å²) in [6.45, 7) is 4.69. The van der Waals surface area contributed by atoms with Gasteiger partial charge >= 0.3 is 0 Å². The number of aldehydes is 1. The van der Waals surface area contributed by atoms with E-state index in [1.54, 1.807) is 0 Å². The molecule has 1 fully saturated rings. The van der Waals surface area contributed by atoms with E-state index >= 15 is 0 Å². The molecule has 1 aromatic carbocycles. The summed E-state index contributed by atoms with van der Waals surface area (Å²) in [5, 5.41) is 3.33. The Balaban J connectivity index is 2.35. The van der Waals surface area contributed by atoms with Crippen LogP contribution in [0, 0.1) is 5.92 Å². The van der Waals surface area contributed by atoms with Gasteiger partial charge in [0.25, 0.3) is 0 Å². The number of ketones is 1. The second kappa shape index (κ2) is 4.41. The number of Topliss-reactive ketones (excluding diaryl/α,β-unsaturated/α-hetero) is 1. The molecule has 2 rings (SSSR count). The molecule has 0 spiro atoms. The maximum atomic E-state index is 11.8. The average molecular weight is 231 g/mol. The van der Waals surface area contributed by atoms with Crippen LogP contribution in [0.4, 0.5) is 0 Å². The van der Waals surface area contributed by atoms with Crippen LogP contribution in [0.1, 0.15) is 25.3 Å². The van der Waals surface area contributed by atoms with Crippen LogP contribution in [0.15, 0.2) is 30.3 Å². The second-order valence-electron chi connectivity index (χ2n) is 5.12. The van der Waals surface area contributed by atoms with Crippen LogP contribution >= 0.6 is 0 Å². The minimum atomic E-state index is -0.321. The molecule has 0 aromatic heterocycles. The Labute approximate surface area is 101 Å². The lowest BCUT2D eigenvalue weighted by Gasteiger charge is -2.27. The molecule has 1 aliphatic heterocycles. The number of benzene rings is 1. The highest BCUT2D eigenvalue weighted by Crippen LogP contribution is 2.38. The number of hydrogen-bond acceptors (Lipinski definition) is 3. The van der Waals surface area contributed by atoms with Crippen molar-refractivity contribution in [3.05, 3.63) is 35.9 Å². The highest BCUT2D eigenvalue weighted by molar-refractivity contribution is 6.26. The summed E-state index contributed by atoms with van der Waals surface area (Å²) in [6, 6.07) is 9.90. The molecule has 3 nitrogen and oxygen atoms in total. The summed E-state index contributed by atoms with van der Waals surface area (Å²) in [7, 11) is 0. The summed E-state index contributed by atoms with van der Waals surface area (Å²) >= 11 is 0. The van der Waals surface area contributed by atoms with Crippen LogP contribution in [0.2, 0.25) is 0 Å². The summed E-state index contributed by atoms with van der Waals surface area (Å²) in [6.07, 6.45) is 0.454. The van der Waals surface area contributed by atoms with Crippen LogP contribution in [-0.4, -0.2) is 24.2 Å². The summed E-state index contributed by atoms with van der Waals surface area (Å²) in [4.78, 5) is 22.6. The zero-order chi connectivity index (χ0) is 12.5. The topological polar surface area (TPSA) is 46.2 Å². The largest absolute Gasteiger partial charge is 0.310 e. The van der Waals surface area contributed by atoms with E-state index in [2.05, 4.69) is 5.32 Å². The van der Waals surface area contributed by atoms with Gasteiger partial charge in [-0.15, -0.1) is 0 Å². The van der Waals surface area contributed by atoms with Gasteiger partial charge in [-0.05, 0) is 19.4 Å². The third kappa shape index (κ3) is 2.15. The first-order chi connectivity index (χ1) is 8.06. The monoisotopic (exact) mass is 231 g/mol. The number of carbonyl (C=O) groups is 2. The van der Waals surface area contributed by atoms with E-state index in [9.17, 15) is 9.59 Å². The number of carbonyl (C=O) groups excluding carboxylic acids is 2. The summed E-state index contributed by atoms with van der Waals surface area (Å²) in [5.74, 6) is -0.500. The van der Waals surface area contributed by atoms with Gasteiger partial charge in [-0.2, -0.15) is 0 Å². The van der Waals surface area contributed by atoms with Crippen LogP contribution < -0.4 is 5.32 Å². The van der Waals surface area contributed by atoms with Crippen LogP contribution in [0.25, 0.3) is 0 Å². The lowest BCUT2D eigenvalue weighted by molar-refractivity contribution is -0.133. The molecule has 0 radical (unpaired) electrons. The maximum Gasteiger partial charge on any atom is 0.200 e. The molecule has 1 N–H and O–H groups in total. The Morgan fingerprint density at radius 1 is 1.35 bits per heavy atom. The van der Waals surface area contributed by atoms with Crippen molar-refractivity contribution in [2.24, 2.45) is 5.92 Å². The first-order valence-corrected chi connectivity index (χ1v) is 5.85. The second-order valence-corrected chi connectivity index (χ2v) is 5.12. The predicted molar refractivity (Wildman–Crippen MR) is 65.8 cm³/mol. The molecule has 90 valence electrons. The Kier molecular flexibility index (Phi) is 3.11. The van der Waals surface area contributed by atoms with E-state index in [0.717, 1.165) is 12.1 Å². The van der Waals surface area contributed by atoms with Crippen molar-refractivity contribution in [1.29, 1.82) is 0 Å². The summed E-state index contributed by atoms with van der Waals surface area (Å²) < 4.78 is 0. The van der Waals surface area contributed by atoms with Crippen molar-refractivity contribution in [3.63, 3.8) is 0 Å². The van der Waals surface area contributed by atoms with Crippen molar-refractivity contribution < 1.29 is 9.59 Å². The molecule has 0 saturated carbocycles. The molecule has 17 heavy (non-hydrogen) atoms. The normalized spacial score (nSPS) is 26.7. The molecule has 1 aliphatic rings. The van der Waals surface area contributed by atoms with Gasteiger partial charge in [-0.3, -0.25) is 9.59 Å². The van der Waals surface area contributed by atoms with E-state index in [-0.39, 0.29) is 23.2 Å². The Morgan fingerprint density at radius 2 is 2.00 bits per heavy atom. The molecular formula is C14H17NO2. The molecule has 1 aromatic rings. The van der Waals surface area contributed by atoms with Crippen molar-refractivity contribution in [1.82, 2.24) is 5.32 Å². The Bertz CT molecular complexity index is 425. The van der Waals surface area contributed by atoms with E-state index in [1.807, 2.05) is 44.2 Å². The van der Waals surface area contributed by atoms with E-state index in [0.29, 0.717) is 6.29 Å². The molecule has 2 unspecified atom stereocenters. The molecule has 0 amide bonds. The zero-order valence-corrected chi connectivity index (χ0v) is 10.1. The highest BCUT2D eigenvalue weighted by Gasteiger charge is 2.46. The van der Waals surface area contributed by atoms with Crippen molar-refractivity contribution in [2.45, 2.75) is 25.3 Å². The first-order valence-electron chi connectivity index (χ1n) is 5.85. The smallest absolute Gasteiger partial charge is 0.200 e. The molecule has 0 bridgehead atoms. The predicted octanol–water partition coefficient (Wildman–Crippen LogP) is 1.54. The van der Waals surface area contributed by atoms with Crippen molar-refractivity contribution >= 4 is 12.1 Å². The van der Waals surface area contributed by atoms with Gasteiger partial charge in [0.05, 0.1) is 5.92 Å². The standard InChI is InChI=1S/C14H17NO2/c1-14(2)13(12(17)9-16)11(8-15-14)10-6-4-3-5-7-10/h3-7,9,11,13,15H,8H2,1-2H3. The van der Waals surface area contributed by atoms with Gasteiger partial charge in [0.1, 0.15) is 0 Å². The van der Waals surface area contributed by atoms with Crippen molar-refractivity contribution in [2.75, 3.05) is 6.54 Å². The molecular weight excluding hydrogens is 214 g/mol. The number of hydrogen-bond donors (Lipinski definition) is 1. The van der Waals surface area contributed by atoms with Gasteiger partial charge in [0, 0.05) is 18.0 Å². The third-order valence-electron chi connectivity index (χ3n) is 3.61.